The predicted octanol–water partition coefficient (Wildman–Crippen LogP) is 1.25. The largest absolute Gasteiger partial charge is 0.388 e. The third-order valence-corrected chi connectivity index (χ3v) is 1.30. The topological polar surface area (TPSA) is 68.0 Å². The molecule has 0 aliphatic rings. The number of carbonyl (C=O) groups is 1. The first-order chi connectivity index (χ1) is 6.24. The molecule has 1 aromatic heterocycles. The Hall–Kier alpha value is -1.58. The first-order valence-corrected chi connectivity index (χ1v) is 4.17. The van der Waals surface area contributed by atoms with Crippen molar-refractivity contribution in [3.8, 4) is 0 Å². The van der Waals surface area contributed by atoms with E-state index < -0.39 is 5.91 Å². The molecule has 13 heavy (non-hydrogen) atoms. The quantitative estimate of drug-likeness (QED) is 0.721. The van der Waals surface area contributed by atoms with Gasteiger partial charge in [0, 0.05) is 18.9 Å². The molecule has 1 heterocycles. The number of amides is 1. The molecule has 3 N–H and O–H groups in total. The fourth-order valence-electron chi connectivity index (χ4n) is 0.721. The van der Waals surface area contributed by atoms with E-state index in [1.54, 1.807) is 19.2 Å². The average Bonchev–Trinajstić information content (AvgIpc) is 2.21. The Morgan fingerprint density at radius 3 is 2.62 bits per heavy atom. The molecule has 0 saturated heterocycles. The molecule has 0 bridgehead atoms. The summed E-state index contributed by atoms with van der Waals surface area (Å²) in [5.41, 5.74) is 6.11. The Balaban J connectivity index is 0.000000671. The summed E-state index contributed by atoms with van der Waals surface area (Å²) in [7, 11) is 1.76. The van der Waals surface area contributed by atoms with Crippen LogP contribution in [0.2, 0.25) is 0 Å². The Morgan fingerprint density at radius 2 is 2.15 bits per heavy atom. The number of pyridine rings is 1. The van der Waals surface area contributed by atoms with E-state index in [0.29, 0.717) is 0 Å². The second-order valence-electron chi connectivity index (χ2n) is 2.04. The average molecular weight is 181 g/mol. The molecular formula is C9H15N3O. The summed E-state index contributed by atoms with van der Waals surface area (Å²) in [6.07, 6.45) is 1.53. The van der Waals surface area contributed by atoms with Crippen LogP contribution in [0.25, 0.3) is 0 Å². The molecule has 4 nitrogen and oxygen atoms in total. The first-order valence-electron chi connectivity index (χ1n) is 4.17. The summed E-state index contributed by atoms with van der Waals surface area (Å²) in [6, 6.07) is 3.36. The van der Waals surface area contributed by atoms with Gasteiger partial charge < -0.3 is 11.1 Å². The number of nitrogens with one attached hydrogen (secondary N) is 1. The van der Waals surface area contributed by atoms with Gasteiger partial charge in [0.1, 0.15) is 5.69 Å². The number of aromatic nitrogens is 1. The normalized spacial score (nSPS) is 8.23. The third-order valence-electron chi connectivity index (χ3n) is 1.30. The molecule has 0 aromatic carbocycles. The van der Waals surface area contributed by atoms with Crippen molar-refractivity contribution in [3.05, 3.63) is 24.0 Å². The maximum absolute atomic E-state index is 10.6. The fourth-order valence-corrected chi connectivity index (χ4v) is 0.721. The Kier molecular flexibility index (Phi) is 5.27. The number of primary amides is 1. The maximum atomic E-state index is 10.6. The standard InChI is InChI=1S/C7H9N3O.C2H6/c1-9-5-2-3-10-6(4-5)7(8)11;1-2/h2-4H,1H3,(H2,8,11)(H,9,10);1-2H3. The summed E-state index contributed by atoms with van der Waals surface area (Å²) in [6.45, 7) is 4.00. The van der Waals surface area contributed by atoms with Gasteiger partial charge in [-0.3, -0.25) is 9.78 Å². The Morgan fingerprint density at radius 1 is 1.54 bits per heavy atom. The van der Waals surface area contributed by atoms with E-state index >= 15 is 0 Å². The van der Waals surface area contributed by atoms with Gasteiger partial charge >= 0.3 is 0 Å². The SMILES string of the molecule is CC.CNc1ccnc(C(N)=O)c1. The summed E-state index contributed by atoms with van der Waals surface area (Å²) in [5.74, 6) is -0.512. The lowest BCUT2D eigenvalue weighted by atomic mass is 10.3. The van der Waals surface area contributed by atoms with Crippen LogP contribution < -0.4 is 11.1 Å². The molecule has 0 radical (unpaired) electrons. The Bertz CT molecular complexity index is 273. The van der Waals surface area contributed by atoms with Crippen LogP contribution in [-0.4, -0.2) is 17.9 Å². The number of hydrogen-bond donors (Lipinski definition) is 2. The van der Waals surface area contributed by atoms with Crippen LogP contribution in [0.5, 0.6) is 0 Å². The van der Waals surface area contributed by atoms with E-state index in [0.717, 1.165) is 5.69 Å². The lowest BCUT2D eigenvalue weighted by molar-refractivity contribution is 0.0995. The van der Waals surface area contributed by atoms with Crippen LogP contribution in [0.4, 0.5) is 5.69 Å². The molecule has 0 saturated carbocycles. The second kappa shape index (κ2) is 5.99. The number of anilines is 1. The highest BCUT2D eigenvalue weighted by molar-refractivity contribution is 5.91. The summed E-state index contributed by atoms with van der Waals surface area (Å²) in [5, 5.41) is 2.87. The van der Waals surface area contributed by atoms with Gasteiger partial charge in [-0.05, 0) is 12.1 Å². The minimum atomic E-state index is -0.512. The smallest absolute Gasteiger partial charge is 0.267 e. The van der Waals surface area contributed by atoms with Crippen molar-refractivity contribution in [3.63, 3.8) is 0 Å². The van der Waals surface area contributed by atoms with Gasteiger partial charge in [-0.1, -0.05) is 13.8 Å². The molecule has 0 aliphatic heterocycles. The van der Waals surface area contributed by atoms with Gasteiger partial charge in [-0.25, -0.2) is 0 Å². The number of nitrogens with two attached hydrogens (primary N) is 1. The van der Waals surface area contributed by atoms with Crippen molar-refractivity contribution >= 4 is 11.6 Å². The van der Waals surface area contributed by atoms with E-state index in [2.05, 4.69) is 10.3 Å². The van der Waals surface area contributed by atoms with Gasteiger partial charge in [0.2, 0.25) is 0 Å². The lowest BCUT2D eigenvalue weighted by Crippen LogP contribution is -2.12. The van der Waals surface area contributed by atoms with E-state index in [-0.39, 0.29) is 5.69 Å². The zero-order valence-electron chi connectivity index (χ0n) is 8.16. The molecule has 0 aliphatic carbocycles. The second-order valence-corrected chi connectivity index (χ2v) is 2.04. The summed E-state index contributed by atoms with van der Waals surface area (Å²) < 4.78 is 0. The third kappa shape index (κ3) is 3.55. The van der Waals surface area contributed by atoms with Crippen LogP contribution in [0.3, 0.4) is 0 Å². The molecule has 0 unspecified atom stereocenters. The van der Waals surface area contributed by atoms with Gasteiger partial charge in [0.15, 0.2) is 0 Å². The Labute approximate surface area is 78.2 Å². The van der Waals surface area contributed by atoms with Gasteiger partial charge in [-0.2, -0.15) is 0 Å². The van der Waals surface area contributed by atoms with Crippen molar-refractivity contribution in [2.45, 2.75) is 13.8 Å². The molecule has 4 heteroatoms. The van der Waals surface area contributed by atoms with Crippen molar-refractivity contribution < 1.29 is 4.79 Å². The minimum absolute atomic E-state index is 0.275. The molecule has 1 rings (SSSR count). The number of carbonyl (C=O) groups excluding carboxylic acids is 1. The highest BCUT2D eigenvalue weighted by Crippen LogP contribution is 2.05. The zero-order valence-corrected chi connectivity index (χ0v) is 8.16. The van der Waals surface area contributed by atoms with E-state index in [1.807, 2.05) is 13.8 Å². The van der Waals surface area contributed by atoms with Crippen LogP contribution in [-0.2, 0) is 0 Å². The summed E-state index contributed by atoms with van der Waals surface area (Å²) >= 11 is 0. The fraction of sp³-hybridized carbons (Fsp3) is 0.333. The van der Waals surface area contributed by atoms with Crippen molar-refractivity contribution in [2.24, 2.45) is 5.73 Å². The van der Waals surface area contributed by atoms with Crippen LogP contribution in [0.15, 0.2) is 18.3 Å². The predicted molar refractivity (Wildman–Crippen MR) is 53.6 cm³/mol. The van der Waals surface area contributed by atoms with Crippen molar-refractivity contribution in [1.82, 2.24) is 4.98 Å². The minimum Gasteiger partial charge on any atom is -0.388 e. The molecular weight excluding hydrogens is 166 g/mol. The number of nitrogens with zero attached hydrogens (tertiary/aromatic N) is 1. The van der Waals surface area contributed by atoms with Gasteiger partial charge in [0.25, 0.3) is 5.91 Å². The van der Waals surface area contributed by atoms with Gasteiger partial charge in [0.05, 0.1) is 0 Å². The van der Waals surface area contributed by atoms with E-state index in [1.165, 1.54) is 6.20 Å². The van der Waals surface area contributed by atoms with E-state index in [4.69, 9.17) is 5.73 Å². The van der Waals surface area contributed by atoms with Crippen LogP contribution >= 0.6 is 0 Å². The molecule has 0 fully saturated rings. The van der Waals surface area contributed by atoms with Crippen molar-refractivity contribution in [2.75, 3.05) is 12.4 Å². The highest BCUT2D eigenvalue weighted by atomic mass is 16.1. The molecule has 1 amide bonds. The first kappa shape index (κ1) is 11.4. The van der Waals surface area contributed by atoms with Crippen molar-refractivity contribution in [1.29, 1.82) is 0 Å². The van der Waals surface area contributed by atoms with Gasteiger partial charge in [-0.15, -0.1) is 0 Å². The lowest BCUT2D eigenvalue weighted by Gasteiger charge is -1.99. The number of rotatable bonds is 2. The molecule has 72 valence electrons. The molecule has 1 aromatic rings. The summed E-state index contributed by atoms with van der Waals surface area (Å²) in [4.78, 5) is 14.4. The van der Waals surface area contributed by atoms with Crippen LogP contribution in [0, 0.1) is 0 Å². The zero-order chi connectivity index (χ0) is 10.3. The number of hydrogen-bond acceptors (Lipinski definition) is 3. The molecule has 0 spiro atoms. The van der Waals surface area contributed by atoms with E-state index in [9.17, 15) is 4.79 Å². The maximum Gasteiger partial charge on any atom is 0.267 e. The highest BCUT2D eigenvalue weighted by Gasteiger charge is 2.00. The molecule has 0 atom stereocenters. The van der Waals surface area contributed by atoms with Crippen LogP contribution in [0.1, 0.15) is 24.3 Å². The monoisotopic (exact) mass is 181 g/mol.